The van der Waals surface area contributed by atoms with Gasteiger partial charge >= 0.3 is 0 Å². The number of thioether (sulfide) groups is 1. The third-order valence-electron chi connectivity index (χ3n) is 3.95. The van der Waals surface area contributed by atoms with Gasteiger partial charge in [0, 0.05) is 10.7 Å². The summed E-state index contributed by atoms with van der Waals surface area (Å²) in [5, 5.41) is 6.71. The van der Waals surface area contributed by atoms with Crippen molar-refractivity contribution >= 4 is 51.9 Å². The van der Waals surface area contributed by atoms with E-state index in [2.05, 4.69) is 20.6 Å². The quantitative estimate of drug-likeness (QED) is 0.549. The number of rotatable bonds is 6. The molecule has 0 saturated carbocycles. The third-order valence-corrected chi connectivity index (χ3v) is 5.06. The van der Waals surface area contributed by atoms with E-state index in [4.69, 9.17) is 11.6 Å². The van der Waals surface area contributed by atoms with Crippen molar-refractivity contribution in [1.29, 1.82) is 0 Å². The maximum atomic E-state index is 12.1. The van der Waals surface area contributed by atoms with Gasteiger partial charge in [0.2, 0.25) is 11.8 Å². The SMILES string of the molecule is Cc1cccc(C)c1NC(=O)CNC(=O)CSc1nc2ccc(Cl)cc2[nH]1. The number of imidazole rings is 1. The second-order valence-electron chi connectivity index (χ2n) is 6.08. The summed E-state index contributed by atoms with van der Waals surface area (Å²) in [6.45, 7) is 3.78. The van der Waals surface area contributed by atoms with E-state index in [0.717, 1.165) is 27.8 Å². The van der Waals surface area contributed by atoms with E-state index in [1.807, 2.05) is 38.1 Å². The van der Waals surface area contributed by atoms with Crippen LogP contribution < -0.4 is 10.6 Å². The molecular weight excluding hydrogens is 384 g/mol. The van der Waals surface area contributed by atoms with Gasteiger partial charge in [-0.05, 0) is 43.2 Å². The minimum atomic E-state index is -0.260. The van der Waals surface area contributed by atoms with Gasteiger partial charge in [0.1, 0.15) is 0 Å². The monoisotopic (exact) mass is 402 g/mol. The summed E-state index contributed by atoms with van der Waals surface area (Å²) in [5.74, 6) is -0.344. The van der Waals surface area contributed by atoms with Crippen LogP contribution >= 0.6 is 23.4 Å². The number of amides is 2. The smallest absolute Gasteiger partial charge is 0.243 e. The number of nitrogens with one attached hydrogen (secondary N) is 3. The van der Waals surface area contributed by atoms with Gasteiger partial charge in [-0.1, -0.05) is 41.6 Å². The number of aromatic nitrogens is 2. The summed E-state index contributed by atoms with van der Waals surface area (Å²) in [5.41, 5.74) is 4.35. The second kappa shape index (κ2) is 8.45. The van der Waals surface area contributed by atoms with Crippen LogP contribution in [0.5, 0.6) is 0 Å². The van der Waals surface area contributed by atoms with Crippen LogP contribution in [0.25, 0.3) is 11.0 Å². The van der Waals surface area contributed by atoms with Crippen molar-refractivity contribution in [2.24, 2.45) is 0 Å². The summed E-state index contributed by atoms with van der Waals surface area (Å²) < 4.78 is 0. The zero-order valence-electron chi connectivity index (χ0n) is 14.9. The number of aryl methyl sites for hydroxylation is 2. The molecule has 27 heavy (non-hydrogen) atoms. The number of benzene rings is 2. The van der Waals surface area contributed by atoms with E-state index in [9.17, 15) is 9.59 Å². The standard InChI is InChI=1S/C19H19ClN4O2S/c1-11-4-3-5-12(2)18(11)24-16(25)9-21-17(26)10-27-19-22-14-7-6-13(20)8-15(14)23-19/h3-8H,9-10H2,1-2H3,(H,21,26)(H,22,23)(H,24,25). The van der Waals surface area contributed by atoms with Gasteiger partial charge in [0.05, 0.1) is 23.3 Å². The zero-order chi connectivity index (χ0) is 19.4. The highest BCUT2D eigenvalue weighted by Gasteiger charge is 2.11. The number of anilines is 1. The molecule has 0 saturated heterocycles. The van der Waals surface area contributed by atoms with Crippen LogP contribution in [0.4, 0.5) is 5.69 Å². The molecule has 8 heteroatoms. The van der Waals surface area contributed by atoms with Crippen LogP contribution in [-0.4, -0.2) is 34.1 Å². The minimum absolute atomic E-state index is 0.0805. The molecule has 0 bridgehead atoms. The lowest BCUT2D eigenvalue weighted by Gasteiger charge is -2.11. The molecule has 3 rings (SSSR count). The molecule has 0 atom stereocenters. The van der Waals surface area contributed by atoms with Crippen molar-refractivity contribution in [1.82, 2.24) is 15.3 Å². The van der Waals surface area contributed by atoms with Gasteiger partial charge in [0.15, 0.2) is 5.16 Å². The topological polar surface area (TPSA) is 86.9 Å². The number of para-hydroxylation sites is 1. The predicted octanol–water partition coefficient (Wildman–Crippen LogP) is 3.68. The number of nitrogens with zero attached hydrogens (tertiary/aromatic N) is 1. The minimum Gasteiger partial charge on any atom is -0.346 e. The number of carbonyl (C=O) groups is 2. The fraction of sp³-hybridized carbons (Fsp3) is 0.211. The van der Waals surface area contributed by atoms with Crippen LogP contribution in [0.15, 0.2) is 41.6 Å². The first-order valence-corrected chi connectivity index (χ1v) is 9.69. The Hall–Kier alpha value is -2.51. The van der Waals surface area contributed by atoms with Crippen LogP contribution in [-0.2, 0) is 9.59 Å². The molecule has 0 radical (unpaired) electrons. The van der Waals surface area contributed by atoms with Gasteiger partial charge in [-0.2, -0.15) is 0 Å². The normalized spacial score (nSPS) is 10.8. The first kappa shape index (κ1) is 19.3. The second-order valence-corrected chi connectivity index (χ2v) is 7.48. The van der Waals surface area contributed by atoms with Crippen LogP contribution in [0.3, 0.4) is 0 Å². The molecule has 0 aliphatic rings. The maximum absolute atomic E-state index is 12.1. The highest BCUT2D eigenvalue weighted by Crippen LogP contribution is 2.22. The number of hydrogen-bond acceptors (Lipinski definition) is 4. The molecule has 0 aliphatic heterocycles. The van der Waals surface area contributed by atoms with E-state index in [1.165, 1.54) is 11.8 Å². The number of H-pyrrole nitrogens is 1. The Morgan fingerprint density at radius 3 is 2.63 bits per heavy atom. The highest BCUT2D eigenvalue weighted by molar-refractivity contribution is 7.99. The summed E-state index contributed by atoms with van der Waals surface area (Å²) in [7, 11) is 0. The molecular formula is C19H19ClN4O2S. The van der Waals surface area contributed by atoms with Gasteiger partial charge in [0.25, 0.3) is 0 Å². The van der Waals surface area contributed by atoms with Crippen LogP contribution in [0, 0.1) is 13.8 Å². The molecule has 0 fully saturated rings. The van der Waals surface area contributed by atoms with Gasteiger partial charge in [-0.3, -0.25) is 9.59 Å². The summed E-state index contributed by atoms with van der Waals surface area (Å²) in [6.07, 6.45) is 0. The Bertz CT molecular complexity index is 982. The Labute approximate surface area is 166 Å². The van der Waals surface area contributed by atoms with Crippen molar-refractivity contribution < 1.29 is 9.59 Å². The van der Waals surface area contributed by atoms with Crippen molar-refractivity contribution in [3.05, 3.63) is 52.5 Å². The number of carbonyl (C=O) groups excluding carboxylic acids is 2. The van der Waals surface area contributed by atoms with Crippen LogP contribution in [0.1, 0.15) is 11.1 Å². The van der Waals surface area contributed by atoms with Crippen LogP contribution in [0.2, 0.25) is 5.02 Å². The maximum Gasteiger partial charge on any atom is 0.243 e. The molecule has 140 valence electrons. The number of aromatic amines is 1. The molecule has 2 amide bonds. The van der Waals surface area contributed by atoms with Crippen molar-refractivity contribution in [3.63, 3.8) is 0 Å². The van der Waals surface area contributed by atoms with Gasteiger partial charge in [-0.15, -0.1) is 0 Å². The van der Waals surface area contributed by atoms with E-state index in [1.54, 1.807) is 12.1 Å². The number of halogens is 1. The molecule has 0 spiro atoms. The Morgan fingerprint density at radius 1 is 1.15 bits per heavy atom. The molecule has 2 aromatic carbocycles. The summed E-state index contributed by atoms with van der Waals surface area (Å²) in [6, 6.07) is 11.2. The van der Waals surface area contributed by atoms with Gasteiger partial charge in [-0.25, -0.2) is 4.98 Å². The zero-order valence-corrected chi connectivity index (χ0v) is 16.5. The predicted molar refractivity (Wildman–Crippen MR) is 109 cm³/mol. The first-order valence-electron chi connectivity index (χ1n) is 8.33. The van der Waals surface area contributed by atoms with Gasteiger partial charge < -0.3 is 15.6 Å². The molecule has 0 unspecified atom stereocenters. The molecule has 6 nitrogen and oxygen atoms in total. The number of fused-ring (bicyclic) bond motifs is 1. The van der Waals surface area contributed by atoms with Crippen molar-refractivity contribution in [2.75, 3.05) is 17.6 Å². The Kier molecular flexibility index (Phi) is 6.03. The highest BCUT2D eigenvalue weighted by atomic mass is 35.5. The Morgan fingerprint density at radius 2 is 1.89 bits per heavy atom. The summed E-state index contributed by atoms with van der Waals surface area (Å²) >= 11 is 7.21. The molecule has 0 aliphatic carbocycles. The van der Waals surface area contributed by atoms with Crippen molar-refractivity contribution in [2.45, 2.75) is 19.0 Å². The summed E-state index contributed by atoms with van der Waals surface area (Å²) in [4.78, 5) is 31.6. The molecule has 3 aromatic rings. The molecule has 1 heterocycles. The Balaban J connectivity index is 1.48. The lowest BCUT2D eigenvalue weighted by atomic mass is 10.1. The lowest BCUT2D eigenvalue weighted by Crippen LogP contribution is -2.34. The molecule has 3 N–H and O–H groups in total. The van der Waals surface area contributed by atoms with E-state index >= 15 is 0 Å². The van der Waals surface area contributed by atoms with E-state index in [-0.39, 0.29) is 24.1 Å². The average Bonchev–Trinajstić information content (AvgIpc) is 3.03. The lowest BCUT2D eigenvalue weighted by molar-refractivity contribution is -0.122. The van der Waals surface area contributed by atoms with Crippen molar-refractivity contribution in [3.8, 4) is 0 Å². The number of hydrogen-bond donors (Lipinski definition) is 3. The third kappa shape index (κ3) is 5.02. The average molecular weight is 403 g/mol. The largest absolute Gasteiger partial charge is 0.346 e. The van der Waals surface area contributed by atoms with E-state index < -0.39 is 0 Å². The first-order chi connectivity index (χ1) is 12.9. The molecule has 1 aromatic heterocycles. The fourth-order valence-electron chi connectivity index (χ4n) is 2.59. The fourth-order valence-corrected chi connectivity index (χ4v) is 3.47. The van der Waals surface area contributed by atoms with E-state index in [0.29, 0.717) is 10.2 Å².